The van der Waals surface area contributed by atoms with E-state index in [1.165, 1.54) is 25.1 Å². The lowest BCUT2D eigenvalue weighted by molar-refractivity contribution is 0.0696. The Morgan fingerprint density at radius 3 is 2.27 bits per heavy atom. The zero-order chi connectivity index (χ0) is 29.6. The first-order valence-electron chi connectivity index (χ1n) is 10.7. The molecule has 0 saturated carbocycles. The molecule has 0 saturated heterocycles. The molecule has 208 valence electrons. The van der Waals surface area contributed by atoms with Crippen LogP contribution in [0.5, 0.6) is 5.88 Å². The van der Waals surface area contributed by atoms with Crippen LogP contribution in [-0.2, 0) is 20.1 Å². The van der Waals surface area contributed by atoms with Crippen molar-refractivity contribution in [2.24, 2.45) is 10.2 Å². The average Bonchev–Trinajstić information content (AvgIpc) is 3.24. The molecule has 0 radical (unpaired) electrons. The molecule has 4 rings (SSSR count). The van der Waals surface area contributed by atoms with Gasteiger partial charge in [0.05, 0.1) is 32.6 Å². The van der Waals surface area contributed by atoms with Gasteiger partial charge in [-0.25, -0.2) is 27.5 Å². The maximum atomic E-state index is 13.3. The summed E-state index contributed by atoms with van der Waals surface area (Å²) in [6.45, 7) is 1.22. The minimum atomic E-state index is -4.49. The van der Waals surface area contributed by atoms with E-state index in [0.29, 0.717) is 15.5 Å². The Morgan fingerprint density at radius 2 is 1.70 bits per heavy atom. The van der Waals surface area contributed by atoms with Gasteiger partial charge in [-0.15, -0.1) is 10.2 Å². The van der Waals surface area contributed by atoms with Gasteiger partial charge in [-0.2, -0.15) is 8.42 Å². The van der Waals surface area contributed by atoms with Crippen LogP contribution in [0.2, 0.25) is 0 Å². The number of fused-ring (bicyclic) bond motifs is 1. The molecule has 2 aromatic heterocycles. The number of rotatable bonds is 7. The predicted molar refractivity (Wildman–Crippen MR) is 141 cm³/mol. The maximum absolute atomic E-state index is 13.3. The Bertz CT molecular complexity index is 2010. The topological polar surface area (TPSA) is 235 Å². The maximum Gasteiger partial charge on any atom is 0.335 e. The number of carbonyl (C=O) groups excluding carboxylic acids is 1. The summed E-state index contributed by atoms with van der Waals surface area (Å²) in [6.07, 6.45) is 0.699. The van der Waals surface area contributed by atoms with Crippen LogP contribution in [0, 0.1) is 6.92 Å². The van der Waals surface area contributed by atoms with E-state index in [0.717, 1.165) is 35.6 Å². The molecular formula is C22H17N5O10S3. The molecule has 0 unspecified atom stereocenters. The number of sulfonamides is 1. The zero-order valence-electron chi connectivity index (χ0n) is 20.3. The highest BCUT2D eigenvalue weighted by molar-refractivity contribution is 7.89. The number of carbonyl (C=O) groups is 2. The number of hydrogen-bond acceptors (Lipinski definition) is 12. The molecule has 15 nitrogen and oxygen atoms in total. The molecule has 0 aliphatic rings. The minimum absolute atomic E-state index is 0.0352. The van der Waals surface area contributed by atoms with Crippen LogP contribution < -0.4 is 10.3 Å². The van der Waals surface area contributed by atoms with Crippen molar-refractivity contribution < 1.29 is 41.2 Å². The Hall–Kier alpha value is -4.52. The van der Waals surface area contributed by atoms with Gasteiger partial charge in [0.1, 0.15) is 5.56 Å². The number of amides is 1. The SMILES string of the molecule is Cc1c(N=Nc2nc3cc(S(=O)(=O)O)ccc3s2)c(O)n(-c2ccc(C(=O)O)cc2)c(=O)c1C(=O)NS(C)(=O)=O. The molecule has 0 spiro atoms. The van der Waals surface area contributed by atoms with Crippen molar-refractivity contribution in [1.29, 1.82) is 0 Å². The van der Waals surface area contributed by atoms with Crippen molar-refractivity contribution in [3.8, 4) is 11.6 Å². The van der Waals surface area contributed by atoms with Gasteiger partial charge in [0.15, 0.2) is 5.69 Å². The van der Waals surface area contributed by atoms with E-state index in [1.54, 1.807) is 4.72 Å². The number of azo groups is 1. The van der Waals surface area contributed by atoms with Crippen LogP contribution in [-0.4, -0.2) is 59.3 Å². The fourth-order valence-corrected chi connectivity index (χ4v) is 5.26. The van der Waals surface area contributed by atoms with E-state index in [4.69, 9.17) is 5.11 Å². The quantitative estimate of drug-likeness (QED) is 0.176. The number of carboxylic acids is 1. The summed E-state index contributed by atoms with van der Waals surface area (Å²) in [5, 5.41) is 28.0. The lowest BCUT2D eigenvalue weighted by Crippen LogP contribution is -2.36. The highest BCUT2D eigenvalue weighted by Gasteiger charge is 2.26. The molecule has 40 heavy (non-hydrogen) atoms. The summed E-state index contributed by atoms with van der Waals surface area (Å²) in [5.74, 6) is -3.37. The molecular weight excluding hydrogens is 590 g/mol. The highest BCUT2D eigenvalue weighted by Crippen LogP contribution is 2.36. The van der Waals surface area contributed by atoms with Gasteiger partial charge in [0.25, 0.3) is 21.6 Å². The normalized spacial score (nSPS) is 12.2. The second kappa shape index (κ2) is 10.2. The van der Waals surface area contributed by atoms with Crippen LogP contribution in [0.3, 0.4) is 0 Å². The van der Waals surface area contributed by atoms with E-state index >= 15 is 0 Å². The van der Waals surface area contributed by atoms with Crippen molar-refractivity contribution in [2.45, 2.75) is 11.8 Å². The van der Waals surface area contributed by atoms with Crippen LogP contribution in [0.15, 0.2) is 62.4 Å². The van der Waals surface area contributed by atoms with E-state index in [1.807, 2.05) is 0 Å². The van der Waals surface area contributed by atoms with Crippen molar-refractivity contribution >= 4 is 64.4 Å². The largest absolute Gasteiger partial charge is 0.493 e. The molecule has 0 atom stereocenters. The summed E-state index contributed by atoms with van der Waals surface area (Å²) >= 11 is 0.962. The number of carboxylic acid groups (broad SMARTS) is 1. The Balaban J connectivity index is 1.90. The third kappa shape index (κ3) is 5.73. The number of pyridine rings is 1. The number of nitrogens with zero attached hydrogens (tertiary/aromatic N) is 4. The number of benzene rings is 2. The summed E-state index contributed by atoms with van der Waals surface area (Å²) in [6, 6.07) is 8.29. The second-order valence-electron chi connectivity index (χ2n) is 8.17. The van der Waals surface area contributed by atoms with Crippen LogP contribution in [0.4, 0.5) is 10.8 Å². The van der Waals surface area contributed by atoms with E-state index in [2.05, 4.69) is 15.2 Å². The van der Waals surface area contributed by atoms with Gasteiger partial charge >= 0.3 is 5.97 Å². The zero-order valence-corrected chi connectivity index (χ0v) is 22.7. The number of hydrogen-bond donors (Lipinski definition) is 4. The van der Waals surface area contributed by atoms with Crippen LogP contribution in [0.25, 0.3) is 15.9 Å². The number of nitrogens with one attached hydrogen (secondary N) is 1. The summed E-state index contributed by atoms with van der Waals surface area (Å²) in [4.78, 5) is 41.0. The van der Waals surface area contributed by atoms with Crippen molar-refractivity contribution in [1.82, 2.24) is 14.3 Å². The lowest BCUT2D eigenvalue weighted by Gasteiger charge is -2.15. The third-order valence-electron chi connectivity index (χ3n) is 5.33. The standard InChI is InChI=1S/C22H17N5O10S3/c1-10-16(18(28)26-39(2,33)34)19(29)27(12-5-3-11(4-6-12)21(31)32)20(30)17(10)24-25-22-23-14-9-13(40(35,36)37)7-8-15(14)38-22/h3-9,30H,1-2H3,(H,26,28)(H,31,32)(H,35,36,37). The molecule has 2 aromatic carbocycles. The van der Waals surface area contributed by atoms with Gasteiger partial charge in [-0.1, -0.05) is 11.3 Å². The van der Waals surface area contributed by atoms with Gasteiger partial charge in [0.2, 0.25) is 21.0 Å². The number of thiazole rings is 1. The second-order valence-corrected chi connectivity index (χ2v) is 12.3. The molecule has 0 bridgehead atoms. The van der Waals surface area contributed by atoms with Crippen molar-refractivity contribution in [3.05, 3.63) is 69.5 Å². The van der Waals surface area contributed by atoms with E-state index < -0.39 is 59.6 Å². The van der Waals surface area contributed by atoms with E-state index in [-0.39, 0.29) is 27.5 Å². The molecule has 0 aliphatic heterocycles. The molecule has 18 heteroatoms. The molecule has 0 fully saturated rings. The first kappa shape index (κ1) is 28.5. The first-order valence-corrected chi connectivity index (χ1v) is 14.9. The Kier molecular flexibility index (Phi) is 7.28. The van der Waals surface area contributed by atoms with Gasteiger partial charge < -0.3 is 10.2 Å². The van der Waals surface area contributed by atoms with Crippen LogP contribution >= 0.6 is 11.3 Å². The fourth-order valence-electron chi connectivity index (χ4n) is 3.55. The van der Waals surface area contributed by atoms with E-state index in [9.17, 15) is 40.9 Å². The van der Waals surface area contributed by atoms with Gasteiger partial charge in [-0.3, -0.25) is 14.1 Å². The van der Waals surface area contributed by atoms with Crippen molar-refractivity contribution in [3.63, 3.8) is 0 Å². The molecule has 4 aromatic rings. The average molecular weight is 608 g/mol. The summed E-state index contributed by atoms with van der Waals surface area (Å²) < 4.78 is 58.2. The number of aromatic hydroxyl groups is 1. The van der Waals surface area contributed by atoms with Crippen molar-refractivity contribution in [2.75, 3.05) is 6.26 Å². The Labute approximate surface area is 228 Å². The van der Waals surface area contributed by atoms with Gasteiger partial charge in [0, 0.05) is 5.56 Å². The number of aromatic carboxylic acids is 1. The molecule has 4 N–H and O–H groups in total. The fraction of sp³-hybridized carbons (Fsp3) is 0.0909. The third-order valence-corrected chi connectivity index (χ3v) is 7.66. The van der Waals surface area contributed by atoms with Gasteiger partial charge in [-0.05, 0) is 49.4 Å². The number of aromatic nitrogens is 2. The smallest absolute Gasteiger partial charge is 0.335 e. The predicted octanol–water partition coefficient (Wildman–Crippen LogP) is 2.51. The molecule has 1 amide bonds. The molecule has 0 aliphatic carbocycles. The Morgan fingerprint density at radius 1 is 1.05 bits per heavy atom. The first-order chi connectivity index (χ1) is 18.6. The summed E-state index contributed by atoms with van der Waals surface area (Å²) in [5.41, 5.74) is -2.52. The summed E-state index contributed by atoms with van der Waals surface area (Å²) in [7, 11) is -8.59. The minimum Gasteiger partial charge on any atom is -0.493 e. The monoisotopic (exact) mass is 607 g/mol. The van der Waals surface area contributed by atoms with Crippen LogP contribution in [0.1, 0.15) is 26.3 Å². The highest BCUT2D eigenvalue weighted by atomic mass is 32.2. The lowest BCUT2D eigenvalue weighted by atomic mass is 10.1. The molecule has 2 heterocycles.